The van der Waals surface area contributed by atoms with Gasteiger partial charge in [-0.2, -0.15) is 0 Å². The zero-order chi connectivity index (χ0) is 16.1. The molecule has 10 nitrogen and oxygen atoms in total. The molecule has 0 aromatic heterocycles. The lowest BCUT2D eigenvalue weighted by molar-refractivity contribution is -0.450. The summed E-state index contributed by atoms with van der Waals surface area (Å²) in [4.78, 5) is 0. The monoisotopic (exact) mass is 324 g/mol. The second-order valence-corrected chi connectivity index (χ2v) is 5.83. The molecule has 0 unspecified atom stereocenters. The van der Waals surface area contributed by atoms with Crippen LogP contribution < -0.4 is 0 Å². The summed E-state index contributed by atoms with van der Waals surface area (Å²) in [5.74, 6) is -3.40. The fourth-order valence-electron chi connectivity index (χ4n) is 2.80. The summed E-state index contributed by atoms with van der Waals surface area (Å²) in [6.45, 7) is -1.34. The van der Waals surface area contributed by atoms with Crippen LogP contribution in [0.2, 0.25) is 0 Å². The van der Waals surface area contributed by atoms with Crippen molar-refractivity contribution < 1.29 is 49.6 Å². The van der Waals surface area contributed by atoms with Gasteiger partial charge in [0.2, 0.25) is 11.6 Å². The highest BCUT2D eigenvalue weighted by Crippen LogP contribution is 2.38. The largest absolute Gasteiger partial charge is 0.388 e. The van der Waals surface area contributed by atoms with Crippen molar-refractivity contribution in [3.05, 3.63) is 0 Å². The van der Waals surface area contributed by atoms with Crippen molar-refractivity contribution >= 4 is 0 Å². The predicted octanol–water partition coefficient (Wildman–Crippen LogP) is -4.35. The van der Waals surface area contributed by atoms with E-state index < -0.39 is 61.4 Å². The van der Waals surface area contributed by atoms with Crippen molar-refractivity contribution in [2.45, 2.75) is 48.2 Å². The van der Waals surface area contributed by atoms with Crippen molar-refractivity contribution in [1.29, 1.82) is 0 Å². The minimum atomic E-state index is -1.70. The molecule has 8 atom stereocenters. The van der Waals surface area contributed by atoms with E-state index >= 15 is 0 Å². The second-order valence-electron chi connectivity index (χ2n) is 5.83. The molecule has 22 heavy (non-hydrogen) atoms. The SMILES string of the molecule is O[C@@H]1[C@H](O)CO[C@]2(CO[C@@]3(CO2)OC[C@@H](O)[C@@H](O)[C@@H]3O)[C@H]1O. The zero-order valence-electron chi connectivity index (χ0n) is 11.6. The number of aliphatic hydroxyl groups excluding tert-OH is 6. The number of ether oxygens (including phenoxy) is 4. The van der Waals surface area contributed by atoms with Gasteiger partial charge in [-0.05, 0) is 0 Å². The van der Waals surface area contributed by atoms with Gasteiger partial charge in [0.1, 0.15) is 49.8 Å². The normalized spacial score (nSPS) is 56.5. The Labute approximate surface area is 125 Å². The van der Waals surface area contributed by atoms with Crippen LogP contribution in [0.5, 0.6) is 0 Å². The highest BCUT2D eigenvalue weighted by molar-refractivity contribution is 5.00. The molecule has 3 aliphatic rings. The lowest BCUT2D eigenvalue weighted by Gasteiger charge is -2.53. The molecule has 6 N–H and O–H groups in total. The second kappa shape index (κ2) is 5.60. The zero-order valence-corrected chi connectivity index (χ0v) is 11.6. The van der Waals surface area contributed by atoms with Crippen LogP contribution in [0.1, 0.15) is 0 Å². The van der Waals surface area contributed by atoms with Crippen molar-refractivity contribution in [2.24, 2.45) is 0 Å². The maximum absolute atomic E-state index is 10.0. The standard InChI is InChI=1S/C12H20O10/c13-5-1-19-11(9(17)7(5)15)3-22-12(4-21-11)10(18)8(16)6(14)2-20-12/h5-10,13-18H,1-4H2/t5-,6-,7-,8-,9+,10+,11-,12+/m1/s1. The van der Waals surface area contributed by atoms with Crippen molar-refractivity contribution in [3.63, 3.8) is 0 Å². The van der Waals surface area contributed by atoms with E-state index in [1.807, 2.05) is 0 Å². The first-order valence-electron chi connectivity index (χ1n) is 6.95. The maximum atomic E-state index is 10.0. The first-order valence-corrected chi connectivity index (χ1v) is 6.95. The van der Waals surface area contributed by atoms with Gasteiger partial charge in [0.05, 0.1) is 13.2 Å². The van der Waals surface area contributed by atoms with Crippen LogP contribution in [0.25, 0.3) is 0 Å². The highest BCUT2D eigenvalue weighted by Gasteiger charge is 2.60. The molecule has 0 saturated carbocycles. The third-order valence-corrected chi connectivity index (χ3v) is 4.37. The lowest BCUT2D eigenvalue weighted by Crippen LogP contribution is -2.72. The Morgan fingerprint density at radius 2 is 0.955 bits per heavy atom. The first kappa shape index (κ1) is 16.5. The summed E-state index contributed by atoms with van der Waals surface area (Å²) in [5, 5.41) is 58.4. The van der Waals surface area contributed by atoms with Gasteiger partial charge in [0.25, 0.3) is 0 Å². The maximum Gasteiger partial charge on any atom is 0.221 e. The summed E-state index contributed by atoms with van der Waals surface area (Å²) in [5.41, 5.74) is 0. The van der Waals surface area contributed by atoms with Crippen LogP contribution in [0.4, 0.5) is 0 Å². The molecule has 0 aromatic carbocycles. The predicted molar refractivity (Wildman–Crippen MR) is 65.3 cm³/mol. The van der Waals surface area contributed by atoms with Gasteiger partial charge in [0, 0.05) is 0 Å². The fraction of sp³-hybridized carbons (Fsp3) is 1.00. The third kappa shape index (κ3) is 2.36. The van der Waals surface area contributed by atoms with Crippen molar-refractivity contribution in [3.8, 4) is 0 Å². The number of hydrogen-bond donors (Lipinski definition) is 6. The van der Waals surface area contributed by atoms with Gasteiger partial charge in [0.15, 0.2) is 0 Å². The van der Waals surface area contributed by atoms with E-state index in [2.05, 4.69) is 0 Å². The molecule has 0 amide bonds. The van der Waals surface area contributed by atoms with Gasteiger partial charge < -0.3 is 49.6 Å². The summed E-state index contributed by atoms with van der Waals surface area (Å²) in [6.07, 6.45) is -8.59. The van der Waals surface area contributed by atoms with Crippen LogP contribution in [0.3, 0.4) is 0 Å². The molecule has 2 spiro atoms. The molecule has 128 valence electrons. The third-order valence-electron chi connectivity index (χ3n) is 4.37. The first-order chi connectivity index (χ1) is 10.3. The van der Waals surface area contributed by atoms with Gasteiger partial charge in [-0.15, -0.1) is 0 Å². The lowest BCUT2D eigenvalue weighted by atomic mass is 9.93. The Balaban J connectivity index is 1.72. The molecule has 3 saturated heterocycles. The van der Waals surface area contributed by atoms with Crippen LogP contribution in [0.15, 0.2) is 0 Å². The van der Waals surface area contributed by atoms with E-state index in [1.165, 1.54) is 0 Å². The van der Waals surface area contributed by atoms with Crippen LogP contribution in [-0.4, -0.2) is 105 Å². The average Bonchev–Trinajstić information content (AvgIpc) is 2.53. The highest BCUT2D eigenvalue weighted by atomic mass is 16.8. The van der Waals surface area contributed by atoms with Gasteiger partial charge in [-0.25, -0.2) is 0 Å². The Kier molecular flexibility index (Phi) is 4.19. The summed E-state index contributed by atoms with van der Waals surface area (Å²) in [6, 6.07) is 0. The van der Waals surface area contributed by atoms with Crippen molar-refractivity contribution in [2.75, 3.05) is 26.4 Å². The molecule has 3 heterocycles. The number of aliphatic hydroxyl groups is 6. The molecule has 0 bridgehead atoms. The smallest absolute Gasteiger partial charge is 0.221 e. The Hall–Kier alpha value is -0.400. The van der Waals surface area contributed by atoms with Crippen molar-refractivity contribution in [1.82, 2.24) is 0 Å². The summed E-state index contributed by atoms with van der Waals surface area (Å²) < 4.78 is 21.4. The van der Waals surface area contributed by atoms with Gasteiger partial charge in [-0.3, -0.25) is 0 Å². The fourth-order valence-corrected chi connectivity index (χ4v) is 2.80. The molecule has 0 aliphatic carbocycles. The van der Waals surface area contributed by atoms with Crippen LogP contribution in [-0.2, 0) is 18.9 Å². The molecular weight excluding hydrogens is 304 g/mol. The Morgan fingerprint density at radius 1 is 0.591 bits per heavy atom. The Morgan fingerprint density at radius 3 is 1.27 bits per heavy atom. The van der Waals surface area contributed by atoms with E-state index in [0.29, 0.717) is 0 Å². The van der Waals surface area contributed by atoms with Crippen LogP contribution in [0, 0.1) is 0 Å². The summed E-state index contributed by atoms with van der Waals surface area (Å²) >= 11 is 0. The topological polar surface area (TPSA) is 158 Å². The van der Waals surface area contributed by atoms with Crippen LogP contribution >= 0.6 is 0 Å². The molecule has 3 fully saturated rings. The minimum Gasteiger partial charge on any atom is -0.388 e. The molecule has 3 rings (SSSR count). The number of hydrogen-bond acceptors (Lipinski definition) is 10. The quantitative estimate of drug-likeness (QED) is 0.257. The van der Waals surface area contributed by atoms with E-state index in [0.717, 1.165) is 0 Å². The molecule has 0 radical (unpaired) electrons. The molecule has 0 aromatic rings. The van der Waals surface area contributed by atoms with E-state index in [4.69, 9.17) is 18.9 Å². The van der Waals surface area contributed by atoms with E-state index in [9.17, 15) is 30.6 Å². The summed E-state index contributed by atoms with van der Waals surface area (Å²) in [7, 11) is 0. The molecule has 3 aliphatic heterocycles. The minimum absolute atomic E-state index is 0.265. The Bertz CT molecular complexity index is 371. The number of rotatable bonds is 0. The molecular formula is C12H20O10. The van der Waals surface area contributed by atoms with Gasteiger partial charge in [-0.1, -0.05) is 0 Å². The van der Waals surface area contributed by atoms with Gasteiger partial charge >= 0.3 is 0 Å². The van der Waals surface area contributed by atoms with E-state index in [-0.39, 0.29) is 13.2 Å². The molecule has 10 heteroatoms. The van der Waals surface area contributed by atoms with E-state index in [1.54, 1.807) is 0 Å². The average molecular weight is 324 g/mol.